The number of halogens is 2. The van der Waals surface area contributed by atoms with E-state index in [1.54, 1.807) is 13.0 Å². The summed E-state index contributed by atoms with van der Waals surface area (Å²) in [7, 11) is -1.54. The number of hydrogen-bond donors (Lipinski definition) is 0. The van der Waals surface area contributed by atoms with Crippen LogP contribution in [-0.2, 0) is 0 Å². The van der Waals surface area contributed by atoms with Crippen molar-refractivity contribution in [3.8, 4) is 0 Å². The van der Waals surface area contributed by atoms with Crippen LogP contribution in [0.2, 0.25) is 19.6 Å². The van der Waals surface area contributed by atoms with Crippen LogP contribution in [-0.4, -0.2) is 8.07 Å². The summed E-state index contributed by atoms with van der Waals surface area (Å²) in [6.45, 7) is 8.00. The monoisotopic (exact) mass is 200 g/mol. The Labute approximate surface area is 78.6 Å². The largest absolute Gasteiger partial charge is 0.204 e. The molecule has 0 fully saturated rings. The van der Waals surface area contributed by atoms with Gasteiger partial charge in [-0.05, 0) is 18.6 Å². The van der Waals surface area contributed by atoms with Crippen molar-refractivity contribution >= 4 is 13.3 Å². The van der Waals surface area contributed by atoms with Crippen molar-refractivity contribution in [3.05, 3.63) is 29.3 Å². The second-order valence-electron chi connectivity index (χ2n) is 4.28. The Hall–Kier alpha value is -0.703. The zero-order chi connectivity index (χ0) is 10.2. The summed E-state index contributed by atoms with van der Waals surface area (Å²) in [5, 5.41) is 0.992. The van der Waals surface area contributed by atoms with Gasteiger partial charge in [0.1, 0.15) is 0 Å². The first-order valence-corrected chi connectivity index (χ1v) is 7.79. The Morgan fingerprint density at radius 1 is 1.08 bits per heavy atom. The molecule has 0 saturated heterocycles. The van der Waals surface area contributed by atoms with Gasteiger partial charge in [-0.3, -0.25) is 0 Å². The molecule has 0 aromatic heterocycles. The Bertz CT molecular complexity index is 326. The lowest BCUT2D eigenvalue weighted by molar-refractivity contribution is 0.504. The minimum atomic E-state index is -1.54. The Kier molecular flexibility index (Phi) is 2.57. The summed E-state index contributed by atoms with van der Waals surface area (Å²) in [5.41, 5.74) is 0.471. The molecule has 0 bridgehead atoms. The second-order valence-corrected chi connectivity index (χ2v) is 9.32. The fourth-order valence-electron chi connectivity index (χ4n) is 1.46. The van der Waals surface area contributed by atoms with Crippen molar-refractivity contribution in [3.63, 3.8) is 0 Å². The first-order valence-electron chi connectivity index (χ1n) is 4.29. The molecule has 1 aromatic carbocycles. The van der Waals surface area contributed by atoms with Crippen LogP contribution in [0.4, 0.5) is 8.78 Å². The van der Waals surface area contributed by atoms with E-state index >= 15 is 0 Å². The molecule has 0 aliphatic heterocycles. The smallest absolute Gasteiger partial charge is 0.161 e. The average molecular weight is 200 g/mol. The topological polar surface area (TPSA) is 0 Å². The maximum absolute atomic E-state index is 13.2. The van der Waals surface area contributed by atoms with Crippen molar-refractivity contribution < 1.29 is 8.78 Å². The maximum atomic E-state index is 13.2. The Morgan fingerprint density at radius 2 is 1.62 bits per heavy atom. The highest BCUT2D eigenvalue weighted by Gasteiger charge is 2.21. The van der Waals surface area contributed by atoms with Crippen molar-refractivity contribution in [2.45, 2.75) is 26.6 Å². The molecule has 0 aliphatic carbocycles. The summed E-state index contributed by atoms with van der Waals surface area (Å²) < 4.78 is 26.0. The van der Waals surface area contributed by atoms with E-state index in [1.165, 1.54) is 6.07 Å². The van der Waals surface area contributed by atoms with Crippen LogP contribution in [0.3, 0.4) is 0 Å². The van der Waals surface area contributed by atoms with Crippen LogP contribution in [0, 0.1) is 18.6 Å². The first-order chi connectivity index (χ1) is 5.84. The van der Waals surface area contributed by atoms with E-state index < -0.39 is 19.7 Å². The Morgan fingerprint density at radius 3 is 2.08 bits per heavy atom. The van der Waals surface area contributed by atoms with Gasteiger partial charge in [0.2, 0.25) is 0 Å². The molecule has 0 heterocycles. The van der Waals surface area contributed by atoms with Crippen LogP contribution in [0.15, 0.2) is 12.1 Å². The van der Waals surface area contributed by atoms with Gasteiger partial charge in [0.25, 0.3) is 0 Å². The normalized spacial score (nSPS) is 11.8. The maximum Gasteiger partial charge on any atom is 0.161 e. The average Bonchev–Trinajstić information content (AvgIpc) is 1.98. The van der Waals surface area contributed by atoms with Gasteiger partial charge in [0.15, 0.2) is 11.6 Å². The van der Waals surface area contributed by atoms with E-state index in [0.29, 0.717) is 5.56 Å². The van der Waals surface area contributed by atoms with Gasteiger partial charge in [-0.1, -0.05) is 30.9 Å². The SMILES string of the molecule is Cc1c([Si](C)(C)C)ccc(F)c1F. The van der Waals surface area contributed by atoms with Crippen LogP contribution < -0.4 is 5.19 Å². The molecule has 0 unspecified atom stereocenters. The summed E-state index contributed by atoms with van der Waals surface area (Å²) >= 11 is 0. The highest BCUT2D eigenvalue weighted by molar-refractivity contribution is 6.89. The third kappa shape index (κ3) is 1.96. The van der Waals surface area contributed by atoms with Crippen LogP contribution >= 0.6 is 0 Å². The predicted octanol–water partition coefficient (Wildman–Crippen LogP) is 2.82. The van der Waals surface area contributed by atoms with Crippen LogP contribution in [0.25, 0.3) is 0 Å². The molecule has 1 aromatic rings. The highest BCUT2D eigenvalue weighted by Crippen LogP contribution is 2.12. The summed E-state index contributed by atoms with van der Waals surface area (Å²) in [5.74, 6) is -1.44. The minimum absolute atomic E-state index is 0.471. The molecule has 0 spiro atoms. The van der Waals surface area contributed by atoms with Crippen LogP contribution in [0.1, 0.15) is 5.56 Å². The lowest BCUT2D eigenvalue weighted by Crippen LogP contribution is -2.40. The zero-order valence-electron chi connectivity index (χ0n) is 8.41. The minimum Gasteiger partial charge on any atom is -0.204 e. The fourth-order valence-corrected chi connectivity index (χ4v) is 3.28. The standard InChI is InChI=1S/C10H14F2Si/c1-7-9(13(2,3)4)6-5-8(11)10(7)12/h5-6H,1-4H3. The van der Waals surface area contributed by atoms with Gasteiger partial charge < -0.3 is 0 Å². The molecule has 0 N–H and O–H groups in total. The third-order valence-corrected chi connectivity index (χ3v) is 4.30. The predicted molar refractivity (Wildman–Crippen MR) is 54.1 cm³/mol. The molecular weight excluding hydrogens is 186 g/mol. The van der Waals surface area contributed by atoms with Gasteiger partial charge in [-0.15, -0.1) is 0 Å². The van der Waals surface area contributed by atoms with Crippen LogP contribution in [0.5, 0.6) is 0 Å². The second kappa shape index (κ2) is 3.22. The van der Waals surface area contributed by atoms with Crippen molar-refractivity contribution in [2.75, 3.05) is 0 Å². The van der Waals surface area contributed by atoms with Gasteiger partial charge >= 0.3 is 0 Å². The van der Waals surface area contributed by atoms with Crippen molar-refractivity contribution in [1.82, 2.24) is 0 Å². The number of rotatable bonds is 1. The van der Waals surface area contributed by atoms with E-state index in [0.717, 1.165) is 5.19 Å². The van der Waals surface area contributed by atoms with Gasteiger partial charge in [0, 0.05) is 0 Å². The Balaban J connectivity index is 3.35. The summed E-state index contributed by atoms with van der Waals surface area (Å²) in [4.78, 5) is 0. The lowest BCUT2D eigenvalue weighted by atomic mass is 10.2. The molecule has 3 heteroatoms. The highest BCUT2D eigenvalue weighted by atomic mass is 28.3. The molecular formula is C10H14F2Si. The first kappa shape index (κ1) is 10.4. The quantitative estimate of drug-likeness (QED) is 0.611. The van der Waals surface area contributed by atoms with E-state index in [-0.39, 0.29) is 0 Å². The molecule has 13 heavy (non-hydrogen) atoms. The van der Waals surface area contributed by atoms with E-state index in [1.807, 2.05) is 0 Å². The molecule has 0 amide bonds. The molecule has 0 aliphatic rings. The van der Waals surface area contributed by atoms with E-state index in [2.05, 4.69) is 19.6 Å². The summed E-state index contributed by atoms with van der Waals surface area (Å²) in [6, 6.07) is 2.93. The number of benzene rings is 1. The molecule has 0 radical (unpaired) electrons. The van der Waals surface area contributed by atoms with E-state index in [9.17, 15) is 8.78 Å². The van der Waals surface area contributed by atoms with Gasteiger partial charge in [-0.25, -0.2) is 8.78 Å². The zero-order valence-corrected chi connectivity index (χ0v) is 9.41. The number of hydrogen-bond acceptors (Lipinski definition) is 0. The third-order valence-electron chi connectivity index (χ3n) is 2.15. The van der Waals surface area contributed by atoms with Gasteiger partial charge in [0.05, 0.1) is 8.07 Å². The molecule has 1 rings (SSSR count). The molecule has 0 nitrogen and oxygen atoms in total. The van der Waals surface area contributed by atoms with E-state index in [4.69, 9.17) is 0 Å². The molecule has 72 valence electrons. The fraction of sp³-hybridized carbons (Fsp3) is 0.400. The van der Waals surface area contributed by atoms with Crippen molar-refractivity contribution in [2.24, 2.45) is 0 Å². The molecule has 0 saturated carbocycles. The van der Waals surface area contributed by atoms with Crippen molar-refractivity contribution in [1.29, 1.82) is 0 Å². The van der Waals surface area contributed by atoms with Gasteiger partial charge in [-0.2, -0.15) is 0 Å². The molecule has 0 atom stereocenters. The lowest BCUT2D eigenvalue weighted by Gasteiger charge is -2.19. The summed E-state index contributed by atoms with van der Waals surface area (Å²) in [6.07, 6.45) is 0.